The van der Waals surface area contributed by atoms with E-state index in [9.17, 15) is 0 Å². The van der Waals surface area contributed by atoms with Crippen molar-refractivity contribution >= 4 is 11.6 Å². The van der Waals surface area contributed by atoms with E-state index in [1.54, 1.807) is 10.9 Å². The van der Waals surface area contributed by atoms with Gasteiger partial charge >= 0.3 is 6.01 Å². The molecule has 5 nitrogen and oxygen atoms in total. The number of ether oxygens (including phenoxy) is 1. The summed E-state index contributed by atoms with van der Waals surface area (Å²) in [7, 11) is 0. The van der Waals surface area contributed by atoms with Gasteiger partial charge in [0.05, 0.1) is 23.1 Å². The second kappa shape index (κ2) is 5.07. The lowest BCUT2D eigenvalue weighted by atomic mass is 10.3. The molecule has 1 aromatic carbocycles. The van der Waals surface area contributed by atoms with Crippen molar-refractivity contribution in [3.63, 3.8) is 0 Å². The Bertz CT molecular complexity index is 667. The number of aromatic nitrogens is 4. The summed E-state index contributed by atoms with van der Waals surface area (Å²) in [5.41, 5.74) is 0.900. The second-order valence-electron chi connectivity index (χ2n) is 3.73. The molecule has 6 heteroatoms. The molecule has 0 aliphatic rings. The Morgan fingerprint density at radius 1 is 1.11 bits per heavy atom. The molecule has 0 atom stereocenters. The molecule has 0 radical (unpaired) electrons. The Kier molecular flexibility index (Phi) is 3.12. The van der Waals surface area contributed by atoms with E-state index in [0.29, 0.717) is 10.8 Å². The highest BCUT2D eigenvalue weighted by Crippen LogP contribution is 2.21. The van der Waals surface area contributed by atoms with E-state index in [1.807, 2.05) is 36.5 Å². The van der Waals surface area contributed by atoms with Crippen molar-refractivity contribution in [3.8, 4) is 17.4 Å². The molecule has 0 spiro atoms. The van der Waals surface area contributed by atoms with Gasteiger partial charge in [0.2, 0.25) is 0 Å². The zero-order valence-corrected chi connectivity index (χ0v) is 10.5. The van der Waals surface area contributed by atoms with Crippen LogP contribution < -0.4 is 4.74 Å². The maximum Gasteiger partial charge on any atom is 0.321 e. The van der Waals surface area contributed by atoms with Gasteiger partial charge in [0.15, 0.2) is 0 Å². The van der Waals surface area contributed by atoms with Crippen LogP contribution in [-0.2, 0) is 0 Å². The van der Waals surface area contributed by atoms with Crippen molar-refractivity contribution in [2.45, 2.75) is 0 Å². The number of halogens is 1. The Morgan fingerprint density at radius 2 is 1.95 bits per heavy atom. The normalized spacial score (nSPS) is 10.4. The van der Waals surface area contributed by atoms with Crippen LogP contribution in [0.2, 0.25) is 5.02 Å². The lowest BCUT2D eigenvalue weighted by Crippen LogP contribution is -1.95. The van der Waals surface area contributed by atoms with Crippen molar-refractivity contribution < 1.29 is 4.74 Å². The maximum absolute atomic E-state index is 5.72. The van der Waals surface area contributed by atoms with Crippen LogP contribution in [0.1, 0.15) is 0 Å². The molecule has 0 saturated heterocycles. The topological polar surface area (TPSA) is 52.8 Å². The minimum Gasteiger partial charge on any atom is -0.424 e. The van der Waals surface area contributed by atoms with Crippen LogP contribution in [0.4, 0.5) is 0 Å². The quantitative estimate of drug-likeness (QED) is 0.735. The molecule has 3 aromatic rings. The van der Waals surface area contributed by atoms with E-state index < -0.39 is 0 Å². The number of hydrogen-bond acceptors (Lipinski definition) is 4. The highest BCUT2D eigenvalue weighted by atomic mass is 35.5. The lowest BCUT2D eigenvalue weighted by Gasteiger charge is -2.06. The van der Waals surface area contributed by atoms with Crippen LogP contribution >= 0.6 is 11.6 Å². The molecule has 0 bridgehead atoms. The summed E-state index contributed by atoms with van der Waals surface area (Å²) in [6.45, 7) is 0. The summed E-state index contributed by atoms with van der Waals surface area (Å²) in [5.74, 6) is 0.635. The number of benzene rings is 1. The molecule has 0 aliphatic carbocycles. The lowest BCUT2D eigenvalue weighted by molar-refractivity contribution is 0.441. The first-order chi connectivity index (χ1) is 9.31. The van der Waals surface area contributed by atoms with Crippen molar-refractivity contribution in [3.05, 3.63) is 60.1 Å². The summed E-state index contributed by atoms with van der Waals surface area (Å²) >= 11 is 5.72. The van der Waals surface area contributed by atoms with Crippen LogP contribution in [0.3, 0.4) is 0 Å². The number of hydrogen-bond donors (Lipinski definition) is 0. The Balaban J connectivity index is 1.85. The van der Waals surface area contributed by atoms with Crippen molar-refractivity contribution in [2.24, 2.45) is 0 Å². The summed E-state index contributed by atoms with van der Waals surface area (Å²) in [6.07, 6.45) is 6.55. The van der Waals surface area contributed by atoms with Crippen LogP contribution in [0.5, 0.6) is 11.8 Å². The molecule has 0 saturated carbocycles. The summed E-state index contributed by atoms with van der Waals surface area (Å²) in [5, 5.41) is 4.63. The molecule has 0 fully saturated rings. The molecule has 0 unspecified atom stereocenters. The van der Waals surface area contributed by atoms with E-state index in [0.717, 1.165) is 5.69 Å². The van der Waals surface area contributed by atoms with Gasteiger partial charge in [-0.2, -0.15) is 5.10 Å². The fraction of sp³-hybridized carbons (Fsp3) is 0. The van der Waals surface area contributed by atoms with E-state index in [4.69, 9.17) is 16.3 Å². The summed E-state index contributed by atoms with van der Waals surface area (Å²) in [4.78, 5) is 7.96. The average Bonchev–Trinajstić information content (AvgIpc) is 2.96. The average molecular weight is 273 g/mol. The largest absolute Gasteiger partial charge is 0.424 e. The molecule has 3 rings (SSSR count). The first-order valence-electron chi connectivity index (χ1n) is 5.57. The Hall–Kier alpha value is -2.40. The molecule has 0 amide bonds. The maximum atomic E-state index is 5.72. The van der Waals surface area contributed by atoms with Crippen molar-refractivity contribution in [2.75, 3.05) is 0 Å². The fourth-order valence-corrected chi connectivity index (χ4v) is 1.67. The van der Waals surface area contributed by atoms with Gasteiger partial charge in [-0.15, -0.1) is 0 Å². The minimum absolute atomic E-state index is 0.252. The molecule has 19 heavy (non-hydrogen) atoms. The highest BCUT2D eigenvalue weighted by Gasteiger charge is 2.02. The standard InChI is InChI=1S/C13H9ClN4O/c14-10-8-15-13(16-9-10)19-12-4-1-3-11(7-12)18-6-2-5-17-18/h1-9H. The summed E-state index contributed by atoms with van der Waals surface area (Å²) < 4.78 is 7.30. The third-order valence-corrected chi connectivity index (χ3v) is 2.59. The van der Waals surface area contributed by atoms with Gasteiger partial charge in [-0.1, -0.05) is 17.7 Å². The smallest absolute Gasteiger partial charge is 0.321 e. The van der Waals surface area contributed by atoms with Gasteiger partial charge in [-0.05, 0) is 18.2 Å². The first-order valence-corrected chi connectivity index (χ1v) is 5.94. The third-order valence-electron chi connectivity index (χ3n) is 2.39. The van der Waals surface area contributed by atoms with E-state index in [1.165, 1.54) is 12.4 Å². The Labute approximate surface area is 114 Å². The zero-order valence-electron chi connectivity index (χ0n) is 9.77. The van der Waals surface area contributed by atoms with E-state index >= 15 is 0 Å². The predicted octanol–water partition coefficient (Wildman–Crippen LogP) is 3.11. The minimum atomic E-state index is 0.252. The zero-order chi connectivity index (χ0) is 13.1. The monoisotopic (exact) mass is 272 g/mol. The number of nitrogens with zero attached hydrogens (tertiary/aromatic N) is 4. The van der Waals surface area contributed by atoms with Gasteiger partial charge in [0.25, 0.3) is 0 Å². The van der Waals surface area contributed by atoms with Crippen LogP contribution in [0.25, 0.3) is 5.69 Å². The van der Waals surface area contributed by atoms with Crippen LogP contribution in [0.15, 0.2) is 55.1 Å². The van der Waals surface area contributed by atoms with E-state index in [2.05, 4.69) is 15.1 Å². The second-order valence-corrected chi connectivity index (χ2v) is 4.17. The molecular weight excluding hydrogens is 264 g/mol. The van der Waals surface area contributed by atoms with E-state index in [-0.39, 0.29) is 6.01 Å². The Morgan fingerprint density at radius 3 is 2.68 bits per heavy atom. The molecule has 2 aromatic heterocycles. The fourth-order valence-electron chi connectivity index (χ4n) is 1.57. The van der Waals surface area contributed by atoms with Gasteiger partial charge in [0.1, 0.15) is 5.75 Å². The van der Waals surface area contributed by atoms with Crippen molar-refractivity contribution in [1.29, 1.82) is 0 Å². The SMILES string of the molecule is Clc1cnc(Oc2cccc(-n3cccn3)c2)nc1. The molecular formula is C13H9ClN4O. The number of rotatable bonds is 3. The van der Waals surface area contributed by atoms with Gasteiger partial charge in [0, 0.05) is 18.5 Å². The van der Waals surface area contributed by atoms with Gasteiger partial charge in [-0.25, -0.2) is 14.6 Å². The van der Waals surface area contributed by atoms with Gasteiger partial charge < -0.3 is 4.74 Å². The van der Waals surface area contributed by atoms with Crippen LogP contribution in [-0.4, -0.2) is 19.7 Å². The summed E-state index contributed by atoms with van der Waals surface area (Å²) in [6, 6.07) is 9.60. The molecule has 2 heterocycles. The molecule has 0 N–H and O–H groups in total. The predicted molar refractivity (Wildman–Crippen MR) is 70.7 cm³/mol. The highest BCUT2D eigenvalue weighted by molar-refractivity contribution is 6.30. The van der Waals surface area contributed by atoms with Crippen molar-refractivity contribution in [1.82, 2.24) is 19.7 Å². The molecule has 0 aliphatic heterocycles. The molecule has 94 valence electrons. The van der Waals surface area contributed by atoms with Gasteiger partial charge in [-0.3, -0.25) is 0 Å². The van der Waals surface area contributed by atoms with Crippen LogP contribution in [0, 0.1) is 0 Å². The first kappa shape index (κ1) is 11.7. The third kappa shape index (κ3) is 2.71.